The van der Waals surface area contributed by atoms with Gasteiger partial charge in [-0.3, -0.25) is 0 Å². The lowest BCUT2D eigenvalue weighted by Gasteiger charge is -2.42. The summed E-state index contributed by atoms with van der Waals surface area (Å²) in [4.78, 5) is 11.7. The average molecular weight is 581 g/mol. The van der Waals surface area contributed by atoms with E-state index in [-0.39, 0.29) is 52.1 Å². The highest BCUT2D eigenvalue weighted by Gasteiger charge is 2.42. The molecule has 39 heavy (non-hydrogen) atoms. The van der Waals surface area contributed by atoms with Crippen molar-refractivity contribution in [3.05, 3.63) is 52.1 Å². The number of allylic oxidation sites excluding steroid dienone is 1. The molecule has 0 amide bonds. The quantitative estimate of drug-likeness (QED) is 0.193. The zero-order valence-electron chi connectivity index (χ0n) is 27.0. The number of aliphatic hydroxyl groups excluding tert-OH is 1. The molecule has 2 N–H and O–H groups in total. The second-order valence-electron chi connectivity index (χ2n) is 14.1. The SMILES string of the molecule is C/C=C(\C)[C@@H](O[Si](C)(C)C(C)(C)C)[C@@H](C)/C=C/[C@@H](O[Si](C)(C)C(C)(C)C)[C@@H](C)[C@@H](O)Cc1cc(O)cc(=O)o1. The van der Waals surface area contributed by atoms with Crippen LogP contribution in [0, 0.1) is 11.8 Å². The summed E-state index contributed by atoms with van der Waals surface area (Å²) in [5.41, 5.74) is 0.561. The Labute approximate surface area is 239 Å². The van der Waals surface area contributed by atoms with Crippen molar-refractivity contribution in [2.45, 2.75) is 130 Å². The number of hydrogen-bond acceptors (Lipinski definition) is 6. The Hall–Kier alpha value is -1.46. The van der Waals surface area contributed by atoms with E-state index in [1.54, 1.807) is 0 Å². The van der Waals surface area contributed by atoms with Gasteiger partial charge in [0.25, 0.3) is 0 Å². The number of rotatable bonds is 12. The van der Waals surface area contributed by atoms with Crippen LogP contribution in [0.1, 0.15) is 75.0 Å². The van der Waals surface area contributed by atoms with Crippen LogP contribution in [-0.2, 0) is 15.3 Å². The van der Waals surface area contributed by atoms with Gasteiger partial charge in [-0.2, -0.15) is 0 Å². The largest absolute Gasteiger partial charge is 0.508 e. The van der Waals surface area contributed by atoms with E-state index in [4.69, 9.17) is 13.3 Å². The smallest absolute Gasteiger partial charge is 0.339 e. The zero-order valence-corrected chi connectivity index (χ0v) is 29.0. The third kappa shape index (κ3) is 10.2. The lowest BCUT2D eigenvalue weighted by Crippen LogP contribution is -2.47. The molecule has 0 unspecified atom stereocenters. The molecule has 1 aromatic heterocycles. The molecule has 1 aromatic rings. The maximum atomic E-state index is 11.7. The minimum Gasteiger partial charge on any atom is -0.508 e. The summed E-state index contributed by atoms with van der Waals surface area (Å²) in [6.07, 6.45) is 5.22. The number of aliphatic hydroxyl groups is 1. The molecule has 0 spiro atoms. The molecule has 0 saturated carbocycles. The summed E-state index contributed by atoms with van der Waals surface area (Å²) in [5, 5.41) is 21.1. The van der Waals surface area contributed by atoms with Gasteiger partial charge >= 0.3 is 5.63 Å². The van der Waals surface area contributed by atoms with Gasteiger partial charge < -0.3 is 23.5 Å². The van der Waals surface area contributed by atoms with E-state index in [1.165, 1.54) is 11.6 Å². The second kappa shape index (κ2) is 13.5. The summed E-state index contributed by atoms with van der Waals surface area (Å²) in [6.45, 7) is 30.6. The van der Waals surface area contributed by atoms with E-state index in [1.807, 2.05) is 6.92 Å². The van der Waals surface area contributed by atoms with Gasteiger partial charge in [-0.25, -0.2) is 4.79 Å². The van der Waals surface area contributed by atoms with Gasteiger partial charge in [0.05, 0.1) is 24.4 Å². The fraction of sp³-hybridized carbons (Fsp3) is 0.710. The third-order valence-electron chi connectivity index (χ3n) is 8.79. The van der Waals surface area contributed by atoms with Crippen LogP contribution in [0.2, 0.25) is 36.3 Å². The highest BCUT2D eigenvalue weighted by molar-refractivity contribution is 6.74. The Balaban J connectivity index is 3.36. The molecule has 0 bridgehead atoms. The summed E-state index contributed by atoms with van der Waals surface area (Å²) < 4.78 is 18.9. The summed E-state index contributed by atoms with van der Waals surface area (Å²) in [7, 11) is -4.21. The third-order valence-corrected chi connectivity index (χ3v) is 17.7. The Morgan fingerprint density at radius 2 is 1.49 bits per heavy atom. The number of aromatic hydroxyl groups is 1. The monoisotopic (exact) mass is 580 g/mol. The molecule has 1 rings (SSSR count). The Morgan fingerprint density at radius 3 is 1.95 bits per heavy atom. The molecule has 0 aliphatic carbocycles. The van der Waals surface area contributed by atoms with Gasteiger partial charge in [-0.15, -0.1) is 0 Å². The lowest BCUT2D eigenvalue weighted by atomic mass is 9.92. The van der Waals surface area contributed by atoms with Crippen LogP contribution < -0.4 is 5.63 Å². The average Bonchev–Trinajstić information content (AvgIpc) is 2.76. The van der Waals surface area contributed by atoms with Crippen molar-refractivity contribution in [1.82, 2.24) is 0 Å². The first-order chi connectivity index (χ1) is 17.5. The van der Waals surface area contributed by atoms with Crippen molar-refractivity contribution < 1.29 is 23.5 Å². The van der Waals surface area contributed by atoms with Gasteiger partial charge in [0.2, 0.25) is 0 Å². The van der Waals surface area contributed by atoms with Crippen molar-refractivity contribution in [2.24, 2.45) is 11.8 Å². The van der Waals surface area contributed by atoms with Gasteiger partial charge in [0.1, 0.15) is 11.5 Å². The lowest BCUT2D eigenvalue weighted by molar-refractivity contribution is 0.0464. The molecular weight excluding hydrogens is 525 g/mol. The standard InChI is InChI=1S/C31H56O6Si2/c1-15-21(2)29(37-39(13,14)31(8,9)10)22(3)16-17-27(36-38(11,12)30(5,6)7)23(4)26(33)20-25-18-24(32)19-28(34)35-25/h15-19,22-23,26-27,29,32-33H,20H2,1-14H3/b17-16+,21-15+/t22-,23-,26-,27+,29+/m0/s1. The molecule has 0 radical (unpaired) electrons. The van der Waals surface area contributed by atoms with Gasteiger partial charge in [0, 0.05) is 24.3 Å². The Bertz CT molecular complexity index is 1040. The maximum absolute atomic E-state index is 11.7. The predicted molar refractivity (Wildman–Crippen MR) is 167 cm³/mol. The van der Waals surface area contributed by atoms with Crippen LogP contribution in [0.25, 0.3) is 0 Å². The summed E-state index contributed by atoms with van der Waals surface area (Å²) >= 11 is 0. The fourth-order valence-corrected chi connectivity index (χ4v) is 6.44. The van der Waals surface area contributed by atoms with E-state index in [2.05, 4.69) is 107 Å². The van der Waals surface area contributed by atoms with Gasteiger partial charge in [0.15, 0.2) is 16.6 Å². The first-order valence-corrected chi connectivity index (χ1v) is 20.0. The van der Waals surface area contributed by atoms with E-state index < -0.39 is 28.4 Å². The fourth-order valence-electron chi connectivity index (χ4n) is 3.72. The van der Waals surface area contributed by atoms with E-state index in [0.29, 0.717) is 0 Å². The molecule has 0 aliphatic heterocycles. The van der Waals surface area contributed by atoms with Crippen molar-refractivity contribution in [2.75, 3.05) is 0 Å². The van der Waals surface area contributed by atoms with Crippen molar-refractivity contribution >= 4 is 16.6 Å². The van der Waals surface area contributed by atoms with E-state index >= 15 is 0 Å². The van der Waals surface area contributed by atoms with Crippen molar-refractivity contribution in [3.63, 3.8) is 0 Å². The Morgan fingerprint density at radius 1 is 0.974 bits per heavy atom. The van der Waals surface area contributed by atoms with Crippen LogP contribution in [-0.4, -0.2) is 45.2 Å². The van der Waals surface area contributed by atoms with Crippen LogP contribution in [0.3, 0.4) is 0 Å². The first-order valence-electron chi connectivity index (χ1n) is 14.2. The number of hydrogen-bond donors (Lipinski definition) is 2. The molecule has 0 aromatic carbocycles. The minimum absolute atomic E-state index is 0.0110. The zero-order chi connectivity index (χ0) is 30.6. The van der Waals surface area contributed by atoms with Crippen LogP contribution >= 0.6 is 0 Å². The first kappa shape index (κ1) is 35.6. The molecule has 224 valence electrons. The normalized spacial score (nSPS) is 18.2. The summed E-state index contributed by atoms with van der Waals surface area (Å²) in [6, 6.07) is 2.39. The minimum atomic E-state index is -2.19. The van der Waals surface area contributed by atoms with Crippen LogP contribution in [0.4, 0.5) is 0 Å². The topological polar surface area (TPSA) is 89.1 Å². The predicted octanol–water partition coefficient (Wildman–Crippen LogP) is 7.82. The summed E-state index contributed by atoms with van der Waals surface area (Å²) in [5.74, 6) is -0.127. The van der Waals surface area contributed by atoms with Gasteiger partial charge in [-0.05, 0) is 55.7 Å². The van der Waals surface area contributed by atoms with Crippen molar-refractivity contribution in [1.29, 1.82) is 0 Å². The van der Waals surface area contributed by atoms with Crippen LogP contribution in [0.15, 0.2) is 45.1 Å². The second-order valence-corrected chi connectivity index (χ2v) is 23.7. The molecule has 6 nitrogen and oxygen atoms in total. The van der Waals surface area contributed by atoms with Crippen LogP contribution in [0.5, 0.6) is 5.75 Å². The molecular formula is C31H56O6Si2. The van der Waals surface area contributed by atoms with E-state index in [0.717, 1.165) is 6.07 Å². The molecule has 5 atom stereocenters. The van der Waals surface area contributed by atoms with E-state index in [9.17, 15) is 15.0 Å². The van der Waals surface area contributed by atoms with Crippen molar-refractivity contribution in [3.8, 4) is 5.75 Å². The highest BCUT2D eigenvalue weighted by Crippen LogP contribution is 2.40. The molecule has 8 heteroatoms. The maximum Gasteiger partial charge on any atom is 0.339 e. The molecule has 0 aliphatic rings. The molecule has 0 saturated heterocycles. The van der Waals surface area contributed by atoms with Gasteiger partial charge in [-0.1, -0.05) is 73.6 Å². The Kier molecular flexibility index (Phi) is 12.3. The molecule has 0 fully saturated rings. The molecule has 1 heterocycles. The highest BCUT2D eigenvalue weighted by atomic mass is 28.4.